The molecule has 0 aromatic heterocycles. The molecule has 0 aliphatic rings. The van der Waals surface area contributed by atoms with Crippen LogP contribution in [0.25, 0.3) is 0 Å². The van der Waals surface area contributed by atoms with E-state index in [0.29, 0.717) is 12.3 Å². The van der Waals surface area contributed by atoms with E-state index in [2.05, 4.69) is 39.8 Å². The molecule has 1 nitrogen and oxygen atoms in total. The summed E-state index contributed by atoms with van der Waals surface area (Å²) in [4.78, 5) is 10.9. The minimum atomic E-state index is 0.272. The van der Waals surface area contributed by atoms with Gasteiger partial charge in [0.25, 0.3) is 0 Å². The molecule has 0 aliphatic carbocycles. The third-order valence-corrected chi connectivity index (χ3v) is 2.14. The van der Waals surface area contributed by atoms with Gasteiger partial charge in [-0.25, -0.2) is 0 Å². The topological polar surface area (TPSA) is 17.1 Å². The first-order chi connectivity index (χ1) is 6.43. The lowest BCUT2D eigenvalue weighted by Crippen LogP contribution is -1.98. The van der Waals surface area contributed by atoms with Crippen molar-refractivity contribution in [1.82, 2.24) is 0 Å². The largest absolute Gasteiger partial charge is 0.300 e. The second-order valence-electron chi connectivity index (χ2n) is 4.34. The molecule has 0 fully saturated rings. The van der Waals surface area contributed by atoms with Crippen LogP contribution >= 0.6 is 0 Å². The van der Waals surface area contributed by atoms with Gasteiger partial charge in [-0.05, 0) is 33.1 Å². The lowest BCUT2D eigenvalue weighted by Gasteiger charge is -2.09. The number of ketones is 1. The van der Waals surface area contributed by atoms with Crippen LogP contribution in [0.5, 0.6) is 0 Å². The highest BCUT2D eigenvalue weighted by molar-refractivity contribution is 5.75. The number of hydrogen-bond donors (Lipinski definition) is 0. The smallest absolute Gasteiger partial charge is 0.130 e. The summed E-state index contributed by atoms with van der Waals surface area (Å²) >= 11 is 0. The van der Waals surface area contributed by atoms with E-state index in [9.17, 15) is 4.79 Å². The van der Waals surface area contributed by atoms with Gasteiger partial charge >= 0.3 is 0 Å². The molecule has 1 heteroatoms. The van der Waals surface area contributed by atoms with Gasteiger partial charge in [-0.2, -0.15) is 0 Å². The van der Waals surface area contributed by atoms with E-state index in [-0.39, 0.29) is 5.78 Å². The van der Waals surface area contributed by atoms with Gasteiger partial charge < -0.3 is 4.79 Å². The third kappa shape index (κ3) is 6.64. The molecular weight excluding hydrogens is 172 g/mol. The van der Waals surface area contributed by atoms with Gasteiger partial charge in [0.2, 0.25) is 0 Å². The first-order valence-corrected chi connectivity index (χ1v) is 5.27. The second kappa shape index (κ2) is 6.58. The molecule has 0 aromatic carbocycles. The molecular formula is C13H22O. The van der Waals surface area contributed by atoms with Crippen LogP contribution in [0.1, 0.15) is 47.5 Å². The zero-order valence-corrected chi connectivity index (χ0v) is 10.1. The van der Waals surface area contributed by atoms with Crippen LogP contribution in [-0.2, 0) is 4.79 Å². The van der Waals surface area contributed by atoms with Crippen LogP contribution in [0.4, 0.5) is 0 Å². The van der Waals surface area contributed by atoms with Crippen molar-refractivity contribution in [2.24, 2.45) is 5.92 Å². The van der Waals surface area contributed by atoms with E-state index in [1.165, 1.54) is 11.1 Å². The second-order valence-corrected chi connectivity index (χ2v) is 4.34. The summed E-state index contributed by atoms with van der Waals surface area (Å²) in [6.07, 6.45) is 5.84. The van der Waals surface area contributed by atoms with Crippen molar-refractivity contribution in [3.8, 4) is 0 Å². The van der Waals surface area contributed by atoms with Crippen molar-refractivity contribution >= 4 is 5.78 Å². The van der Waals surface area contributed by atoms with Gasteiger partial charge in [-0.15, -0.1) is 0 Å². The summed E-state index contributed by atoms with van der Waals surface area (Å²) in [5.74, 6) is 0.804. The molecule has 0 N–H and O–H groups in total. The first-order valence-electron chi connectivity index (χ1n) is 5.27. The zero-order valence-electron chi connectivity index (χ0n) is 10.1. The van der Waals surface area contributed by atoms with Crippen LogP contribution in [-0.4, -0.2) is 5.78 Å². The van der Waals surface area contributed by atoms with E-state index < -0.39 is 0 Å². The molecule has 0 amide bonds. The van der Waals surface area contributed by atoms with E-state index in [4.69, 9.17) is 0 Å². The minimum Gasteiger partial charge on any atom is -0.300 e. The van der Waals surface area contributed by atoms with Gasteiger partial charge in [0.15, 0.2) is 0 Å². The van der Waals surface area contributed by atoms with Gasteiger partial charge in [-0.1, -0.05) is 37.1 Å². The van der Waals surface area contributed by atoms with E-state index in [1.54, 1.807) is 6.92 Å². The SMILES string of the molecule is CC(=O)CCC(=CC=C(C)C)C(C)C. The highest BCUT2D eigenvalue weighted by Crippen LogP contribution is 2.16. The monoisotopic (exact) mass is 194 g/mol. The Morgan fingerprint density at radius 2 is 1.64 bits per heavy atom. The summed E-state index contributed by atoms with van der Waals surface area (Å²) in [6, 6.07) is 0. The summed E-state index contributed by atoms with van der Waals surface area (Å²) in [5.41, 5.74) is 2.66. The molecule has 0 unspecified atom stereocenters. The van der Waals surface area contributed by atoms with Crippen molar-refractivity contribution in [2.45, 2.75) is 47.5 Å². The normalized spacial score (nSPS) is 11.7. The number of allylic oxidation sites excluding steroid dienone is 4. The summed E-state index contributed by atoms with van der Waals surface area (Å²) in [7, 11) is 0. The fourth-order valence-corrected chi connectivity index (χ4v) is 1.16. The van der Waals surface area contributed by atoms with Crippen LogP contribution in [0.2, 0.25) is 0 Å². The maximum atomic E-state index is 10.9. The average molecular weight is 194 g/mol. The Morgan fingerprint density at radius 1 is 1.07 bits per heavy atom. The maximum absolute atomic E-state index is 10.9. The number of rotatable bonds is 5. The van der Waals surface area contributed by atoms with E-state index in [0.717, 1.165) is 6.42 Å². The Morgan fingerprint density at radius 3 is 2.00 bits per heavy atom. The fourth-order valence-electron chi connectivity index (χ4n) is 1.16. The van der Waals surface area contributed by atoms with Crippen LogP contribution in [0, 0.1) is 5.92 Å². The molecule has 0 radical (unpaired) electrons. The molecule has 14 heavy (non-hydrogen) atoms. The van der Waals surface area contributed by atoms with Crippen LogP contribution < -0.4 is 0 Å². The molecule has 0 aliphatic heterocycles. The van der Waals surface area contributed by atoms with Crippen molar-refractivity contribution in [1.29, 1.82) is 0 Å². The molecule has 0 heterocycles. The third-order valence-electron chi connectivity index (χ3n) is 2.14. The predicted octanol–water partition coefficient (Wildman–Crippen LogP) is 3.90. The number of Topliss-reactive ketones (excluding diaryl/α,β-unsaturated/α-hetero) is 1. The zero-order chi connectivity index (χ0) is 11.1. The number of carbonyl (C=O) groups excluding carboxylic acids is 1. The molecule has 0 saturated heterocycles. The molecule has 0 aromatic rings. The first kappa shape index (κ1) is 13.2. The highest BCUT2D eigenvalue weighted by atomic mass is 16.1. The fraction of sp³-hybridized carbons (Fsp3) is 0.615. The lowest BCUT2D eigenvalue weighted by molar-refractivity contribution is -0.116. The van der Waals surface area contributed by atoms with Gasteiger partial charge in [-0.3, -0.25) is 0 Å². The van der Waals surface area contributed by atoms with Gasteiger partial charge in [0.05, 0.1) is 0 Å². The Hall–Kier alpha value is -0.850. The van der Waals surface area contributed by atoms with Gasteiger partial charge in [0.1, 0.15) is 5.78 Å². The van der Waals surface area contributed by atoms with E-state index >= 15 is 0 Å². The molecule has 0 bridgehead atoms. The van der Waals surface area contributed by atoms with Crippen molar-refractivity contribution < 1.29 is 4.79 Å². The standard InChI is InChI=1S/C13H22O/c1-10(2)6-8-13(11(3)4)9-7-12(5)14/h6,8,11H,7,9H2,1-5H3. The molecule has 80 valence electrons. The summed E-state index contributed by atoms with van der Waals surface area (Å²) in [6.45, 7) is 10.2. The van der Waals surface area contributed by atoms with Gasteiger partial charge in [0, 0.05) is 6.42 Å². The average Bonchev–Trinajstić information content (AvgIpc) is 2.02. The Bertz CT molecular complexity index is 240. The summed E-state index contributed by atoms with van der Waals surface area (Å²) in [5, 5.41) is 0. The molecule has 0 spiro atoms. The molecule has 0 atom stereocenters. The van der Waals surface area contributed by atoms with Crippen molar-refractivity contribution in [3.05, 3.63) is 23.3 Å². The van der Waals surface area contributed by atoms with Crippen molar-refractivity contribution in [3.63, 3.8) is 0 Å². The Kier molecular flexibility index (Phi) is 6.18. The maximum Gasteiger partial charge on any atom is 0.130 e. The van der Waals surface area contributed by atoms with Crippen LogP contribution in [0.15, 0.2) is 23.3 Å². The predicted molar refractivity (Wildman–Crippen MR) is 62.3 cm³/mol. The minimum absolute atomic E-state index is 0.272. The summed E-state index contributed by atoms with van der Waals surface area (Å²) < 4.78 is 0. The van der Waals surface area contributed by atoms with Crippen molar-refractivity contribution in [2.75, 3.05) is 0 Å². The Labute approximate surface area is 87.9 Å². The Balaban J connectivity index is 4.37. The lowest BCUT2D eigenvalue weighted by atomic mass is 9.97. The number of carbonyl (C=O) groups is 1. The van der Waals surface area contributed by atoms with E-state index in [1.807, 2.05) is 0 Å². The number of hydrogen-bond acceptors (Lipinski definition) is 1. The quantitative estimate of drug-likeness (QED) is 0.606. The molecule has 0 saturated carbocycles. The highest BCUT2D eigenvalue weighted by Gasteiger charge is 2.03. The molecule has 0 rings (SSSR count). The van der Waals surface area contributed by atoms with Crippen LogP contribution in [0.3, 0.4) is 0 Å².